The van der Waals surface area contributed by atoms with E-state index in [9.17, 15) is 14.4 Å². The minimum atomic E-state index is -1.01. The van der Waals surface area contributed by atoms with Crippen molar-refractivity contribution in [1.29, 1.82) is 0 Å². The van der Waals surface area contributed by atoms with Crippen LogP contribution in [0.25, 0.3) is 0 Å². The maximum absolute atomic E-state index is 13.4. The number of nitrogen functional groups attached to an aromatic ring is 1. The molecule has 0 fully saturated rings. The second-order valence-corrected chi connectivity index (χ2v) is 7.41. The fraction of sp³-hybridized carbons (Fsp3) is 0.261. The van der Waals surface area contributed by atoms with E-state index in [4.69, 9.17) is 19.9 Å². The van der Waals surface area contributed by atoms with E-state index in [1.54, 1.807) is 24.3 Å². The van der Waals surface area contributed by atoms with E-state index in [-0.39, 0.29) is 37.8 Å². The Morgan fingerprint density at radius 2 is 1.85 bits per heavy atom. The number of aromatic nitrogens is 2. The summed E-state index contributed by atoms with van der Waals surface area (Å²) in [6.07, 6.45) is -1.01. The molecular formula is C23H24N4O6. The van der Waals surface area contributed by atoms with Gasteiger partial charge in [0.25, 0.3) is 11.5 Å². The molecule has 1 aliphatic heterocycles. The first kappa shape index (κ1) is 22.2. The zero-order chi connectivity index (χ0) is 23.4. The number of nitrogens with one attached hydrogen (secondary N) is 1. The molecule has 3 N–H and O–H groups in total. The first-order valence-electron chi connectivity index (χ1n) is 10.3. The van der Waals surface area contributed by atoms with Gasteiger partial charge in [0.1, 0.15) is 12.4 Å². The average molecular weight is 452 g/mol. The van der Waals surface area contributed by atoms with Crippen LogP contribution in [0.3, 0.4) is 0 Å². The van der Waals surface area contributed by atoms with Crippen LogP contribution in [0.5, 0.6) is 11.5 Å². The molecule has 0 radical (unpaired) electrons. The van der Waals surface area contributed by atoms with Crippen LogP contribution >= 0.6 is 0 Å². The molecule has 4 rings (SSSR count). The van der Waals surface area contributed by atoms with Crippen molar-refractivity contribution in [2.45, 2.75) is 12.6 Å². The molecule has 33 heavy (non-hydrogen) atoms. The van der Waals surface area contributed by atoms with Gasteiger partial charge in [0, 0.05) is 13.7 Å². The molecule has 3 aromatic rings. The summed E-state index contributed by atoms with van der Waals surface area (Å²) in [5.74, 6) is 0.279. The molecule has 0 spiro atoms. The van der Waals surface area contributed by atoms with Crippen molar-refractivity contribution in [3.8, 4) is 11.5 Å². The summed E-state index contributed by atoms with van der Waals surface area (Å²) in [4.78, 5) is 42.2. The lowest BCUT2D eigenvalue weighted by molar-refractivity contribution is -0.127. The van der Waals surface area contributed by atoms with E-state index >= 15 is 0 Å². The van der Waals surface area contributed by atoms with Crippen LogP contribution in [0.15, 0.2) is 64.2 Å². The molecule has 2 aromatic carbocycles. The number of ether oxygens (including phenoxy) is 3. The van der Waals surface area contributed by atoms with E-state index in [2.05, 4.69) is 4.98 Å². The third-order valence-electron chi connectivity index (χ3n) is 5.24. The van der Waals surface area contributed by atoms with Crippen molar-refractivity contribution in [3.63, 3.8) is 0 Å². The van der Waals surface area contributed by atoms with Crippen LogP contribution in [0, 0.1) is 0 Å². The highest BCUT2D eigenvalue weighted by Crippen LogP contribution is 2.32. The third-order valence-corrected chi connectivity index (χ3v) is 5.24. The standard InChI is InChI=1S/C23H24N4O6/c1-31-12-11-26(22(29)18-14-32-16-9-5-6-10-17(16)33-18)19-20(24)27(23(30)25-21(19)28)13-15-7-3-2-4-8-15/h2-10,18H,11-14,24H2,1H3,(H,25,28,30)/t18-/m0/s1. The number of carbonyl (C=O) groups excluding carboxylic acids is 1. The van der Waals surface area contributed by atoms with E-state index in [0.717, 1.165) is 5.56 Å². The number of methoxy groups -OCH3 is 1. The van der Waals surface area contributed by atoms with Gasteiger partial charge in [0.15, 0.2) is 17.2 Å². The highest BCUT2D eigenvalue weighted by molar-refractivity contribution is 5.99. The summed E-state index contributed by atoms with van der Waals surface area (Å²) in [6, 6.07) is 16.2. The predicted octanol–water partition coefficient (Wildman–Crippen LogP) is 0.986. The lowest BCUT2D eigenvalue weighted by Crippen LogP contribution is -2.50. The number of carbonyl (C=O) groups is 1. The SMILES string of the molecule is COCCN(C(=O)[C@@H]1COc2ccccc2O1)c1c(N)n(Cc2ccccc2)c(=O)[nH]c1=O. The monoisotopic (exact) mass is 452 g/mol. The van der Waals surface area contributed by atoms with Crippen LogP contribution in [0.2, 0.25) is 0 Å². The zero-order valence-electron chi connectivity index (χ0n) is 18.0. The van der Waals surface area contributed by atoms with Gasteiger partial charge in [-0.3, -0.25) is 24.0 Å². The Bertz CT molecular complexity index is 1250. The largest absolute Gasteiger partial charge is 0.485 e. The van der Waals surface area contributed by atoms with Gasteiger partial charge in [-0.05, 0) is 17.7 Å². The molecule has 0 saturated heterocycles. The maximum atomic E-state index is 13.4. The molecule has 1 aromatic heterocycles. The summed E-state index contributed by atoms with van der Waals surface area (Å²) < 4.78 is 17.8. The average Bonchev–Trinajstić information content (AvgIpc) is 2.83. The minimum absolute atomic E-state index is 0.0215. The molecule has 10 heteroatoms. The fourth-order valence-corrected chi connectivity index (χ4v) is 3.59. The minimum Gasteiger partial charge on any atom is -0.485 e. The normalized spacial score (nSPS) is 14.6. The van der Waals surface area contributed by atoms with Crippen LogP contribution in [0.4, 0.5) is 11.5 Å². The van der Waals surface area contributed by atoms with Crippen LogP contribution in [-0.4, -0.2) is 48.4 Å². The number of fused-ring (bicyclic) bond motifs is 1. The van der Waals surface area contributed by atoms with Gasteiger partial charge >= 0.3 is 5.69 Å². The zero-order valence-corrected chi connectivity index (χ0v) is 18.0. The Balaban J connectivity index is 1.71. The number of nitrogens with two attached hydrogens (primary N) is 1. The molecule has 2 heterocycles. The second-order valence-electron chi connectivity index (χ2n) is 7.41. The lowest BCUT2D eigenvalue weighted by Gasteiger charge is -2.31. The van der Waals surface area contributed by atoms with Crippen molar-refractivity contribution >= 4 is 17.4 Å². The van der Waals surface area contributed by atoms with E-state index < -0.39 is 23.3 Å². The van der Waals surface area contributed by atoms with Crippen LogP contribution in [-0.2, 0) is 16.1 Å². The number of amides is 1. The van der Waals surface area contributed by atoms with Gasteiger partial charge in [-0.2, -0.15) is 0 Å². The quantitative estimate of drug-likeness (QED) is 0.547. The third kappa shape index (κ3) is 4.60. The molecule has 1 atom stereocenters. The first-order chi connectivity index (χ1) is 16.0. The number of anilines is 2. The molecule has 0 bridgehead atoms. The summed E-state index contributed by atoms with van der Waals surface area (Å²) in [6.45, 7) is 0.235. The number of aromatic amines is 1. The Labute approximate surface area is 189 Å². The lowest BCUT2D eigenvalue weighted by atomic mass is 10.2. The first-order valence-corrected chi connectivity index (χ1v) is 10.3. The van der Waals surface area contributed by atoms with E-state index in [1.807, 2.05) is 30.3 Å². The number of nitrogens with zero attached hydrogens (tertiary/aromatic N) is 2. The fourth-order valence-electron chi connectivity index (χ4n) is 3.59. The molecule has 0 aliphatic carbocycles. The van der Waals surface area contributed by atoms with Gasteiger partial charge in [-0.1, -0.05) is 42.5 Å². The predicted molar refractivity (Wildman–Crippen MR) is 122 cm³/mol. The van der Waals surface area contributed by atoms with Gasteiger partial charge in [0.05, 0.1) is 13.2 Å². The summed E-state index contributed by atoms with van der Waals surface area (Å²) >= 11 is 0. The van der Waals surface area contributed by atoms with Crippen molar-refractivity contribution in [2.24, 2.45) is 0 Å². The highest BCUT2D eigenvalue weighted by atomic mass is 16.6. The van der Waals surface area contributed by atoms with Gasteiger partial charge in [-0.25, -0.2) is 4.79 Å². The number of hydrogen-bond acceptors (Lipinski definition) is 7. The second kappa shape index (κ2) is 9.61. The molecule has 0 saturated carbocycles. The van der Waals surface area contributed by atoms with Gasteiger partial charge in [0.2, 0.25) is 6.10 Å². The van der Waals surface area contributed by atoms with E-state index in [1.165, 1.54) is 16.6 Å². The van der Waals surface area contributed by atoms with Crippen LogP contribution in [0.1, 0.15) is 5.56 Å². The molecule has 0 unspecified atom stereocenters. The Hall–Kier alpha value is -4.05. The van der Waals surface area contributed by atoms with Crippen molar-refractivity contribution in [3.05, 3.63) is 81.0 Å². The highest BCUT2D eigenvalue weighted by Gasteiger charge is 2.34. The maximum Gasteiger partial charge on any atom is 0.330 e. The van der Waals surface area contributed by atoms with Crippen molar-refractivity contribution in [1.82, 2.24) is 9.55 Å². The number of para-hydroxylation sites is 2. The Kier molecular flexibility index (Phi) is 6.45. The molecular weight excluding hydrogens is 428 g/mol. The summed E-state index contributed by atoms with van der Waals surface area (Å²) in [7, 11) is 1.48. The number of rotatable bonds is 7. The smallest absolute Gasteiger partial charge is 0.330 e. The molecule has 1 amide bonds. The van der Waals surface area contributed by atoms with Crippen molar-refractivity contribution < 1.29 is 19.0 Å². The number of H-pyrrole nitrogens is 1. The van der Waals surface area contributed by atoms with Crippen LogP contribution < -0.4 is 31.4 Å². The topological polar surface area (TPSA) is 129 Å². The number of hydrogen-bond donors (Lipinski definition) is 2. The molecule has 172 valence electrons. The molecule has 10 nitrogen and oxygen atoms in total. The van der Waals surface area contributed by atoms with Crippen molar-refractivity contribution in [2.75, 3.05) is 37.5 Å². The van der Waals surface area contributed by atoms with Gasteiger partial charge in [-0.15, -0.1) is 0 Å². The summed E-state index contributed by atoms with van der Waals surface area (Å²) in [5, 5.41) is 0. The summed E-state index contributed by atoms with van der Waals surface area (Å²) in [5.41, 5.74) is 5.50. The Morgan fingerprint density at radius 3 is 2.58 bits per heavy atom. The Morgan fingerprint density at radius 1 is 1.15 bits per heavy atom. The van der Waals surface area contributed by atoms with Gasteiger partial charge < -0.3 is 19.9 Å². The van der Waals surface area contributed by atoms with E-state index in [0.29, 0.717) is 11.5 Å². The number of benzene rings is 2. The molecule has 1 aliphatic rings.